The van der Waals surface area contributed by atoms with Gasteiger partial charge in [0.2, 0.25) is 0 Å². The van der Waals surface area contributed by atoms with Gasteiger partial charge in [-0.25, -0.2) is 5.09 Å². The zero-order chi connectivity index (χ0) is 9.12. The molecule has 0 radical (unpaired) electrons. The summed E-state index contributed by atoms with van der Waals surface area (Å²) >= 11 is 4.25. The predicted molar refractivity (Wildman–Crippen MR) is 37.6 cm³/mol. The second kappa shape index (κ2) is 3.82. The molecule has 0 saturated carbocycles. The van der Waals surface area contributed by atoms with Crippen LogP contribution < -0.4 is 5.09 Å². The smallest absolute Gasteiger partial charge is 0.334 e. The van der Waals surface area contributed by atoms with Crippen LogP contribution >= 0.6 is 6.64 Å². The molecule has 0 amide bonds. The van der Waals surface area contributed by atoms with Gasteiger partial charge in [0, 0.05) is 0 Å². The fraction of sp³-hybridized carbons (Fsp3) is 1.00. The molecule has 0 aromatic carbocycles. The van der Waals surface area contributed by atoms with Crippen molar-refractivity contribution in [1.82, 2.24) is 5.09 Å². The third-order valence-corrected chi connectivity index (χ3v) is 2.59. The molecular formula is C3H7F3NO2PS. The third-order valence-electron chi connectivity index (χ3n) is 0.686. The van der Waals surface area contributed by atoms with Gasteiger partial charge < -0.3 is 9.42 Å². The molecule has 0 fully saturated rings. The lowest BCUT2D eigenvalue weighted by Crippen LogP contribution is -2.18. The normalized spacial score (nSPS) is 17.9. The van der Waals surface area contributed by atoms with E-state index in [9.17, 15) is 13.2 Å². The van der Waals surface area contributed by atoms with Gasteiger partial charge in [-0.2, -0.15) is 13.2 Å². The minimum Gasteiger partial charge on any atom is -0.334 e. The summed E-state index contributed by atoms with van der Waals surface area (Å²) in [4.78, 5) is 8.78. The molecule has 0 spiro atoms. The van der Waals surface area contributed by atoms with Crippen molar-refractivity contribution in [1.29, 1.82) is 0 Å². The van der Waals surface area contributed by atoms with Gasteiger partial charge in [0.1, 0.15) is 0 Å². The van der Waals surface area contributed by atoms with Crippen molar-refractivity contribution in [3.63, 3.8) is 0 Å². The first-order valence-corrected chi connectivity index (χ1v) is 5.17. The van der Waals surface area contributed by atoms with Crippen molar-refractivity contribution in [3.8, 4) is 0 Å². The van der Waals surface area contributed by atoms with Crippen LogP contribution in [0.5, 0.6) is 0 Å². The number of nitrogens with one attached hydrogen (secondary N) is 1. The topological polar surface area (TPSA) is 41.5 Å². The van der Waals surface area contributed by atoms with Crippen molar-refractivity contribution >= 4 is 18.4 Å². The standard InChI is InChI=1S/C3H7F3NO2PS/c1-7-10(8,11)9-2-3(4,5)6/h2H2,1H3,(H2,7,8,11). The average molecular weight is 209 g/mol. The molecule has 68 valence electrons. The quantitative estimate of drug-likeness (QED) is 0.680. The van der Waals surface area contributed by atoms with Crippen LogP contribution in [0.1, 0.15) is 0 Å². The zero-order valence-corrected chi connectivity index (χ0v) is 7.26. The third kappa shape index (κ3) is 6.71. The van der Waals surface area contributed by atoms with Gasteiger partial charge in [-0.3, -0.25) is 0 Å². The van der Waals surface area contributed by atoms with Gasteiger partial charge in [-0.05, 0) is 18.9 Å². The lowest BCUT2D eigenvalue weighted by atomic mass is 10.7. The second-order valence-electron chi connectivity index (χ2n) is 1.63. The lowest BCUT2D eigenvalue weighted by Gasteiger charge is -2.15. The first kappa shape index (κ1) is 11.3. The van der Waals surface area contributed by atoms with Gasteiger partial charge >= 0.3 is 6.18 Å². The summed E-state index contributed by atoms with van der Waals surface area (Å²) in [6.07, 6.45) is -4.45. The molecule has 1 atom stereocenters. The van der Waals surface area contributed by atoms with Gasteiger partial charge in [0.25, 0.3) is 6.64 Å². The fourth-order valence-electron chi connectivity index (χ4n) is 0.225. The Bertz CT molecular complexity index is 172. The number of rotatable bonds is 3. The van der Waals surface area contributed by atoms with E-state index in [2.05, 4.69) is 21.4 Å². The Kier molecular flexibility index (Phi) is 3.93. The van der Waals surface area contributed by atoms with E-state index < -0.39 is 19.4 Å². The SMILES string of the molecule is CNP(O)(=S)OCC(F)(F)F. The van der Waals surface area contributed by atoms with Crippen molar-refractivity contribution < 1.29 is 22.6 Å². The van der Waals surface area contributed by atoms with Crippen LogP contribution in [-0.4, -0.2) is 24.7 Å². The highest BCUT2D eigenvalue weighted by atomic mass is 32.5. The Morgan fingerprint density at radius 3 is 2.36 bits per heavy atom. The molecule has 0 aliphatic heterocycles. The molecule has 2 N–H and O–H groups in total. The van der Waals surface area contributed by atoms with Crippen molar-refractivity contribution in [2.45, 2.75) is 6.18 Å². The highest BCUT2D eigenvalue weighted by Gasteiger charge is 2.30. The summed E-state index contributed by atoms with van der Waals surface area (Å²) in [5, 5.41) is 2.07. The van der Waals surface area contributed by atoms with E-state index in [0.29, 0.717) is 0 Å². The number of hydrogen-bond donors (Lipinski definition) is 2. The lowest BCUT2D eigenvalue weighted by molar-refractivity contribution is -0.153. The Hall–Kier alpha value is 0.320. The van der Waals surface area contributed by atoms with Gasteiger partial charge in [-0.1, -0.05) is 0 Å². The first-order chi connectivity index (χ1) is 4.77. The predicted octanol–water partition coefficient (Wildman–Crippen LogP) is 1.00. The highest BCUT2D eigenvalue weighted by molar-refractivity contribution is 8.08. The van der Waals surface area contributed by atoms with Crippen LogP contribution in [0.2, 0.25) is 0 Å². The average Bonchev–Trinajstić information content (AvgIpc) is 1.83. The molecule has 0 heterocycles. The Morgan fingerprint density at radius 2 is 2.09 bits per heavy atom. The van der Waals surface area contributed by atoms with Crippen molar-refractivity contribution in [3.05, 3.63) is 0 Å². The van der Waals surface area contributed by atoms with Crippen LogP contribution in [0, 0.1) is 0 Å². The molecule has 0 aromatic heterocycles. The van der Waals surface area contributed by atoms with E-state index in [1.165, 1.54) is 7.05 Å². The molecule has 0 aromatic rings. The molecule has 1 unspecified atom stereocenters. The van der Waals surface area contributed by atoms with Gasteiger partial charge in [0.15, 0.2) is 6.61 Å². The number of halogens is 3. The van der Waals surface area contributed by atoms with E-state index in [4.69, 9.17) is 4.89 Å². The zero-order valence-electron chi connectivity index (χ0n) is 5.55. The number of hydrogen-bond acceptors (Lipinski definition) is 2. The van der Waals surface area contributed by atoms with Gasteiger partial charge in [0.05, 0.1) is 0 Å². The fourth-order valence-corrected chi connectivity index (χ4v) is 0.834. The minimum absolute atomic E-state index is 1.23. The van der Waals surface area contributed by atoms with E-state index in [1.54, 1.807) is 0 Å². The maximum absolute atomic E-state index is 11.4. The summed E-state index contributed by atoms with van der Waals surface area (Å²) in [6, 6.07) is 0. The molecule has 0 saturated heterocycles. The van der Waals surface area contributed by atoms with E-state index >= 15 is 0 Å². The van der Waals surface area contributed by atoms with Crippen LogP contribution in [-0.2, 0) is 16.3 Å². The summed E-state index contributed by atoms with van der Waals surface area (Å²) in [5.74, 6) is 0. The summed E-state index contributed by atoms with van der Waals surface area (Å²) in [7, 11) is 1.23. The van der Waals surface area contributed by atoms with E-state index in [1.807, 2.05) is 0 Å². The maximum Gasteiger partial charge on any atom is 0.412 e. The molecule has 0 aliphatic carbocycles. The minimum atomic E-state index is -4.45. The van der Waals surface area contributed by atoms with Gasteiger partial charge in [-0.15, -0.1) is 0 Å². The Labute approximate surface area is 66.8 Å². The molecule has 3 nitrogen and oxygen atoms in total. The Balaban J connectivity index is 3.80. The summed E-state index contributed by atoms with van der Waals surface area (Å²) in [6.45, 7) is -4.93. The second-order valence-corrected chi connectivity index (χ2v) is 4.86. The monoisotopic (exact) mass is 209 g/mol. The molecule has 0 rings (SSSR count). The highest BCUT2D eigenvalue weighted by Crippen LogP contribution is 2.37. The summed E-state index contributed by atoms with van der Waals surface area (Å²) in [5.41, 5.74) is 0. The van der Waals surface area contributed by atoms with Crippen molar-refractivity contribution in [2.75, 3.05) is 13.7 Å². The number of alkyl halides is 3. The summed E-state index contributed by atoms with van der Waals surface area (Å²) < 4.78 is 38.3. The van der Waals surface area contributed by atoms with E-state index in [-0.39, 0.29) is 0 Å². The molecule has 11 heavy (non-hydrogen) atoms. The van der Waals surface area contributed by atoms with Crippen molar-refractivity contribution in [2.24, 2.45) is 0 Å². The van der Waals surface area contributed by atoms with Crippen LogP contribution in [0.25, 0.3) is 0 Å². The van der Waals surface area contributed by atoms with Crippen LogP contribution in [0.15, 0.2) is 0 Å². The largest absolute Gasteiger partial charge is 0.412 e. The maximum atomic E-state index is 11.4. The molecule has 0 bridgehead atoms. The molecule has 0 aliphatic rings. The molecule has 8 heteroatoms. The Morgan fingerprint density at radius 1 is 1.64 bits per heavy atom. The van der Waals surface area contributed by atoms with Crippen LogP contribution in [0.3, 0.4) is 0 Å². The molecular weight excluding hydrogens is 202 g/mol. The van der Waals surface area contributed by atoms with E-state index in [0.717, 1.165) is 0 Å². The first-order valence-electron chi connectivity index (χ1n) is 2.50. The van der Waals surface area contributed by atoms with Crippen LogP contribution in [0.4, 0.5) is 13.2 Å².